The highest BCUT2D eigenvalue weighted by atomic mass is 16.5. The van der Waals surface area contributed by atoms with E-state index in [2.05, 4.69) is 5.32 Å². The Bertz CT molecular complexity index is 499. The number of benzene rings is 1. The molecule has 0 bridgehead atoms. The van der Waals surface area contributed by atoms with Crippen LogP contribution in [0.25, 0.3) is 0 Å². The molecule has 21 heavy (non-hydrogen) atoms. The number of primary amides is 1. The van der Waals surface area contributed by atoms with E-state index < -0.39 is 30.4 Å². The second-order valence-electron chi connectivity index (χ2n) is 4.29. The molecule has 1 aromatic carbocycles. The Balaban J connectivity index is 2.71. The predicted octanol–water partition coefficient (Wildman–Crippen LogP) is 0.283. The van der Waals surface area contributed by atoms with Crippen molar-refractivity contribution in [1.82, 2.24) is 5.32 Å². The van der Waals surface area contributed by atoms with Gasteiger partial charge in [-0.15, -0.1) is 0 Å². The lowest BCUT2D eigenvalue weighted by molar-refractivity contribution is -0.123. The molecule has 0 aliphatic heterocycles. The summed E-state index contributed by atoms with van der Waals surface area (Å²) in [5, 5.41) is 13.1. The molecule has 0 heterocycles. The quantitative estimate of drug-likeness (QED) is 0.574. The van der Waals surface area contributed by atoms with Gasteiger partial charge in [0.1, 0.15) is 6.04 Å². The van der Waals surface area contributed by atoms with Crippen LogP contribution < -0.4 is 16.4 Å². The number of carbonyl (C=O) groups is 3. The van der Waals surface area contributed by atoms with Gasteiger partial charge in [0.05, 0.1) is 13.0 Å². The molecule has 114 valence electrons. The summed E-state index contributed by atoms with van der Waals surface area (Å²) in [5.74, 6) is -1.44. The lowest BCUT2D eigenvalue weighted by atomic mass is 10.1. The van der Waals surface area contributed by atoms with Crippen LogP contribution in [-0.4, -0.2) is 36.2 Å². The van der Waals surface area contributed by atoms with Gasteiger partial charge in [0.25, 0.3) is 0 Å². The molecule has 0 aliphatic rings. The lowest BCUT2D eigenvalue weighted by Crippen LogP contribution is -2.45. The molecule has 0 fully saturated rings. The van der Waals surface area contributed by atoms with Crippen LogP contribution in [0, 0.1) is 0 Å². The van der Waals surface area contributed by atoms with E-state index in [1.807, 2.05) is 5.32 Å². The number of rotatable bonds is 7. The number of anilines is 1. The third-order valence-electron chi connectivity index (χ3n) is 2.55. The van der Waals surface area contributed by atoms with E-state index >= 15 is 0 Å². The van der Waals surface area contributed by atoms with Gasteiger partial charge in [-0.25, -0.2) is 4.79 Å². The SMILES string of the molecule is COCc1ccc(NC(=O)[C@@H](CC(N)=O)NC(=O)O)cc1. The minimum Gasteiger partial charge on any atom is -0.465 e. The van der Waals surface area contributed by atoms with Crippen molar-refractivity contribution >= 4 is 23.6 Å². The number of amides is 3. The predicted molar refractivity (Wildman–Crippen MR) is 74.5 cm³/mol. The number of hydrogen-bond acceptors (Lipinski definition) is 4. The van der Waals surface area contributed by atoms with Crippen molar-refractivity contribution in [2.45, 2.75) is 19.1 Å². The second-order valence-corrected chi connectivity index (χ2v) is 4.29. The molecule has 0 aliphatic carbocycles. The highest BCUT2D eigenvalue weighted by Crippen LogP contribution is 2.11. The zero-order valence-electron chi connectivity index (χ0n) is 11.5. The van der Waals surface area contributed by atoms with Gasteiger partial charge in [-0.05, 0) is 17.7 Å². The van der Waals surface area contributed by atoms with Crippen LogP contribution in [0.2, 0.25) is 0 Å². The maximum atomic E-state index is 11.9. The molecule has 1 rings (SSSR count). The first-order chi connectivity index (χ1) is 9.92. The van der Waals surface area contributed by atoms with Crippen molar-refractivity contribution < 1.29 is 24.2 Å². The number of nitrogens with two attached hydrogens (primary N) is 1. The highest BCUT2D eigenvalue weighted by molar-refractivity contribution is 5.98. The minimum atomic E-state index is -1.41. The van der Waals surface area contributed by atoms with E-state index in [9.17, 15) is 14.4 Å². The van der Waals surface area contributed by atoms with E-state index in [1.54, 1.807) is 31.4 Å². The first kappa shape index (κ1) is 16.4. The number of hydrogen-bond donors (Lipinski definition) is 4. The summed E-state index contributed by atoms with van der Waals surface area (Å²) < 4.78 is 4.96. The average molecular weight is 295 g/mol. The van der Waals surface area contributed by atoms with Crippen molar-refractivity contribution in [3.63, 3.8) is 0 Å². The maximum Gasteiger partial charge on any atom is 0.405 e. The Morgan fingerprint density at radius 3 is 2.38 bits per heavy atom. The third-order valence-corrected chi connectivity index (χ3v) is 2.55. The first-order valence-corrected chi connectivity index (χ1v) is 6.09. The highest BCUT2D eigenvalue weighted by Gasteiger charge is 2.22. The van der Waals surface area contributed by atoms with Crippen LogP contribution in [-0.2, 0) is 20.9 Å². The number of nitrogens with one attached hydrogen (secondary N) is 2. The molecule has 0 aromatic heterocycles. The molecule has 8 heteroatoms. The van der Waals surface area contributed by atoms with Crippen molar-refractivity contribution in [3.8, 4) is 0 Å². The molecule has 8 nitrogen and oxygen atoms in total. The monoisotopic (exact) mass is 295 g/mol. The Morgan fingerprint density at radius 1 is 1.29 bits per heavy atom. The lowest BCUT2D eigenvalue weighted by Gasteiger charge is -2.15. The zero-order valence-corrected chi connectivity index (χ0v) is 11.5. The van der Waals surface area contributed by atoms with Gasteiger partial charge in [0, 0.05) is 12.8 Å². The Morgan fingerprint density at radius 2 is 1.90 bits per heavy atom. The molecule has 5 N–H and O–H groups in total. The van der Waals surface area contributed by atoms with Crippen molar-refractivity contribution in [2.24, 2.45) is 5.73 Å². The molecule has 0 unspecified atom stereocenters. The average Bonchev–Trinajstić information content (AvgIpc) is 2.39. The maximum absolute atomic E-state index is 11.9. The normalized spacial score (nSPS) is 11.5. The van der Waals surface area contributed by atoms with Crippen LogP contribution in [0.5, 0.6) is 0 Å². The molecule has 0 saturated heterocycles. The molecular weight excluding hydrogens is 278 g/mol. The van der Waals surface area contributed by atoms with Gasteiger partial charge in [-0.1, -0.05) is 12.1 Å². The van der Waals surface area contributed by atoms with Gasteiger partial charge >= 0.3 is 6.09 Å². The number of carbonyl (C=O) groups excluding carboxylic acids is 2. The van der Waals surface area contributed by atoms with Gasteiger partial charge in [-0.3, -0.25) is 9.59 Å². The van der Waals surface area contributed by atoms with Crippen LogP contribution in [0.1, 0.15) is 12.0 Å². The summed E-state index contributed by atoms with van der Waals surface area (Å²) in [6.45, 7) is 0.444. The fourth-order valence-corrected chi connectivity index (χ4v) is 1.64. The summed E-state index contributed by atoms with van der Waals surface area (Å²) in [6.07, 6.45) is -1.83. The number of ether oxygens (including phenoxy) is 1. The molecule has 1 aromatic rings. The van der Waals surface area contributed by atoms with Crippen LogP contribution in [0.15, 0.2) is 24.3 Å². The Labute approximate surface area is 121 Å². The van der Waals surface area contributed by atoms with E-state index in [0.29, 0.717) is 12.3 Å². The van der Waals surface area contributed by atoms with Gasteiger partial charge < -0.3 is 26.2 Å². The van der Waals surface area contributed by atoms with Crippen LogP contribution in [0.3, 0.4) is 0 Å². The van der Waals surface area contributed by atoms with Crippen molar-refractivity contribution in [3.05, 3.63) is 29.8 Å². The Hall–Kier alpha value is -2.61. The molecule has 3 amide bonds. The standard InChI is InChI=1S/C13H17N3O5/c1-21-7-8-2-4-9(5-3-8)15-12(18)10(6-11(14)17)16-13(19)20/h2-5,10,16H,6-7H2,1H3,(H2,14,17)(H,15,18)(H,19,20)/t10-/m1/s1. The summed E-state index contributed by atoms with van der Waals surface area (Å²) in [7, 11) is 1.57. The third kappa shape index (κ3) is 5.91. The fourth-order valence-electron chi connectivity index (χ4n) is 1.64. The van der Waals surface area contributed by atoms with Crippen LogP contribution in [0.4, 0.5) is 10.5 Å². The van der Waals surface area contributed by atoms with Gasteiger partial charge in [0.15, 0.2) is 0 Å². The van der Waals surface area contributed by atoms with E-state index in [1.165, 1.54) is 0 Å². The van der Waals surface area contributed by atoms with E-state index in [4.69, 9.17) is 15.6 Å². The fraction of sp³-hybridized carbons (Fsp3) is 0.308. The van der Waals surface area contributed by atoms with E-state index in [0.717, 1.165) is 5.56 Å². The second kappa shape index (κ2) is 7.85. The summed E-state index contributed by atoms with van der Waals surface area (Å²) >= 11 is 0. The molecular formula is C13H17N3O5. The zero-order chi connectivity index (χ0) is 15.8. The van der Waals surface area contributed by atoms with Crippen molar-refractivity contribution in [1.29, 1.82) is 0 Å². The molecule has 0 radical (unpaired) electrons. The molecule has 1 atom stereocenters. The van der Waals surface area contributed by atoms with Crippen molar-refractivity contribution in [2.75, 3.05) is 12.4 Å². The Kier molecular flexibility index (Phi) is 6.15. The summed E-state index contributed by atoms with van der Waals surface area (Å²) in [4.78, 5) is 33.4. The summed E-state index contributed by atoms with van der Waals surface area (Å²) in [6, 6.07) is 5.57. The van der Waals surface area contributed by atoms with E-state index in [-0.39, 0.29) is 0 Å². The summed E-state index contributed by atoms with van der Waals surface area (Å²) in [5.41, 5.74) is 6.39. The van der Waals surface area contributed by atoms with Gasteiger partial charge in [0.2, 0.25) is 11.8 Å². The number of carboxylic acid groups (broad SMARTS) is 1. The minimum absolute atomic E-state index is 0.417. The largest absolute Gasteiger partial charge is 0.465 e. The molecule has 0 saturated carbocycles. The van der Waals surface area contributed by atoms with Crippen LogP contribution >= 0.6 is 0 Å². The number of methoxy groups -OCH3 is 1. The smallest absolute Gasteiger partial charge is 0.405 e. The van der Waals surface area contributed by atoms with Gasteiger partial charge in [-0.2, -0.15) is 0 Å². The first-order valence-electron chi connectivity index (χ1n) is 6.09. The topological polar surface area (TPSA) is 131 Å². The molecule has 0 spiro atoms.